The minimum Gasteiger partial charge on any atom is -0.406 e. The molecule has 2 aromatic carbocycles. The maximum absolute atomic E-state index is 13.5. The summed E-state index contributed by atoms with van der Waals surface area (Å²) in [6.07, 6.45) is -4.83. The Balaban J connectivity index is 1.85. The first-order chi connectivity index (χ1) is 13.4. The number of benzene rings is 2. The molecule has 0 aliphatic carbocycles. The van der Waals surface area contributed by atoms with Crippen molar-refractivity contribution in [3.63, 3.8) is 0 Å². The number of carbonyl (C=O) groups is 2. The van der Waals surface area contributed by atoms with Gasteiger partial charge < -0.3 is 9.64 Å². The molecular formula is C19H15F5N2O3. The molecule has 1 saturated heterocycles. The molecule has 0 spiro atoms. The van der Waals surface area contributed by atoms with Crippen LogP contribution in [0, 0.1) is 11.6 Å². The summed E-state index contributed by atoms with van der Waals surface area (Å²) in [6, 6.07) is 6.73. The standard InChI is InChI=1S/C19H15F5N2O3/c1-18(2)16(27)26(12-5-8-14(20)15(21)9-12)17(28)25(18)10-11-3-6-13(7-4-11)29-19(22,23)24/h3-9H,10H2,1-2H3. The van der Waals surface area contributed by atoms with Crippen LogP contribution in [0.5, 0.6) is 5.75 Å². The van der Waals surface area contributed by atoms with Gasteiger partial charge in [-0.05, 0) is 43.7 Å². The van der Waals surface area contributed by atoms with E-state index in [9.17, 15) is 31.5 Å². The first kappa shape index (κ1) is 20.6. The zero-order chi connectivity index (χ0) is 21.6. The number of rotatable bonds is 4. The lowest BCUT2D eigenvalue weighted by Crippen LogP contribution is -2.43. The molecular weight excluding hydrogens is 399 g/mol. The van der Waals surface area contributed by atoms with Gasteiger partial charge in [0.05, 0.1) is 5.69 Å². The summed E-state index contributed by atoms with van der Waals surface area (Å²) in [5, 5.41) is 0. The van der Waals surface area contributed by atoms with Gasteiger partial charge >= 0.3 is 12.4 Å². The number of nitrogens with zero attached hydrogens (tertiary/aromatic N) is 2. The summed E-state index contributed by atoms with van der Waals surface area (Å²) in [5.41, 5.74) is -0.993. The number of imide groups is 1. The summed E-state index contributed by atoms with van der Waals surface area (Å²) < 4.78 is 67.3. The van der Waals surface area contributed by atoms with E-state index in [4.69, 9.17) is 0 Å². The number of hydrogen-bond acceptors (Lipinski definition) is 3. The quantitative estimate of drug-likeness (QED) is 0.542. The van der Waals surface area contributed by atoms with Crippen LogP contribution in [0.15, 0.2) is 42.5 Å². The van der Waals surface area contributed by atoms with E-state index < -0.39 is 41.2 Å². The molecule has 0 aromatic heterocycles. The van der Waals surface area contributed by atoms with Gasteiger partial charge in [-0.1, -0.05) is 12.1 Å². The van der Waals surface area contributed by atoms with Crippen LogP contribution < -0.4 is 9.64 Å². The third kappa shape index (κ3) is 4.01. The molecule has 0 bridgehead atoms. The molecule has 1 aliphatic rings. The zero-order valence-electron chi connectivity index (χ0n) is 15.3. The molecule has 3 amide bonds. The van der Waals surface area contributed by atoms with Gasteiger partial charge in [0, 0.05) is 12.6 Å². The van der Waals surface area contributed by atoms with Crippen LogP contribution in [0.25, 0.3) is 0 Å². The van der Waals surface area contributed by atoms with Gasteiger partial charge in [-0.25, -0.2) is 18.5 Å². The smallest absolute Gasteiger partial charge is 0.406 e. The molecule has 154 valence electrons. The molecule has 0 unspecified atom stereocenters. The fraction of sp³-hybridized carbons (Fsp3) is 0.263. The molecule has 29 heavy (non-hydrogen) atoms. The number of ether oxygens (including phenoxy) is 1. The summed E-state index contributed by atoms with van der Waals surface area (Å²) in [7, 11) is 0. The van der Waals surface area contributed by atoms with E-state index in [1.807, 2.05) is 0 Å². The third-order valence-corrected chi connectivity index (χ3v) is 4.48. The molecule has 0 N–H and O–H groups in total. The normalized spacial score (nSPS) is 16.5. The lowest BCUT2D eigenvalue weighted by Gasteiger charge is -2.27. The van der Waals surface area contributed by atoms with Crippen LogP contribution in [0.1, 0.15) is 19.4 Å². The summed E-state index contributed by atoms with van der Waals surface area (Å²) >= 11 is 0. The van der Waals surface area contributed by atoms with Gasteiger partial charge in [0.1, 0.15) is 11.3 Å². The highest BCUT2D eigenvalue weighted by Crippen LogP contribution is 2.34. The van der Waals surface area contributed by atoms with Crippen LogP contribution in [0.3, 0.4) is 0 Å². The molecule has 1 heterocycles. The van der Waals surface area contributed by atoms with Gasteiger partial charge in [0.25, 0.3) is 5.91 Å². The Morgan fingerprint density at radius 2 is 1.59 bits per heavy atom. The highest BCUT2D eigenvalue weighted by Gasteiger charge is 2.51. The highest BCUT2D eigenvalue weighted by atomic mass is 19.4. The molecule has 2 aromatic rings. The van der Waals surface area contributed by atoms with E-state index in [0.29, 0.717) is 5.56 Å². The Hall–Kier alpha value is -3.17. The van der Waals surface area contributed by atoms with Crippen LogP contribution in [-0.2, 0) is 11.3 Å². The van der Waals surface area contributed by atoms with Crippen molar-refractivity contribution in [3.8, 4) is 5.75 Å². The van der Waals surface area contributed by atoms with Crippen LogP contribution in [0.2, 0.25) is 0 Å². The second kappa shape index (κ2) is 7.02. The Kier molecular flexibility index (Phi) is 4.97. The second-order valence-electron chi connectivity index (χ2n) is 6.86. The van der Waals surface area contributed by atoms with Crippen molar-refractivity contribution in [2.45, 2.75) is 32.3 Å². The number of amides is 3. The average Bonchev–Trinajstić information content (AvgIpc) is 2.78. The highest BCUT2D eigenvalue weighted by molar-refractivity contribution is 6.22. The lowest BCUT2D eigenvalue weighted by molar-refractivity contribution is -0.274. The second-order valence-corrected chi connectivity index (χ2v) is 6.86. The van der Waals surface area contributed by atoms with Crippen molar-refractivity contribution in [2.75, 3.05) is 4.90 Å². The number of alkyl halides is 3. The molecule has 0 atom stereocenters. The van der Waals surface area contributed by atoms with Gasteiger partial charge in [0.2, 0.25) is 0 Å². The maximum Gasteiger partial charge on any atom is 0.573 e. The Morgan fingerprint density at radius 1 is 0.966 bits per heavy atom. The Morgan fingerprint density at radius 3 is 2.14 bits per heavy atom. The monoisotopic (exact) mass is 414 g/mol. The van der Waals surface area contributed by atoms with Gasteiger partial charge in [-0.3, -0.25) is 4.79 Å². The minimum absolute atomic E-state index is 0.0932. The number of anilines is 1. The first-order valence-electron chi connectivity index (χ1n) is 8.36. The molecule has 10 heteroatoms. The average molecular weight is 414 g/mol. The van der Waals surface area contributed by atoms with Crippen molar-refractivity contribution in [1.29, 1.82) is 0 Å². The summed E-state index contributed by atoms with van der Waals surface area (Å²) in [4.78, 5) is 27.5. The van der Waals surface area contributed by atoms with E-state index >= 15 is 0 Å². The van der Waals surface area contributed by atoms with Gasteiger partial charge in [-0.15, -0.1) is 13.2 Å². The summed E-state index contributed by atoms with van der Waals surface area (Å²) in [6.45, 7) is 2.87. The molecule has 0 radical (unpaired) electrons. The SMILES string of the molecule is CC1(C)C(=O)N(c2ccc(F)c(F)c2)C(=O)N1Cc1ccc(OC(F)(F)F)cc1. The van der Waals surface area contributed by atoms with Crippen LogP contribution in [-0.4, -0.2) is 28.7 Å². The van der Waals surface area contributed by atoms with E-state index in [2.05, 4.69) is 4.74 Å². The predicted molar refractivity (Wildman–Crippen MR) is 92.0 cm³/mol. The third-order valence-electron chi connectivity index (χ3n) is 4.48. The predicted octanol–water partition coefficient (Wildman–Crippen LogP) is 4.61. The molecule has 0 saturated carbocycles. The first-order valence-corrected chi connectivity index (χ1v) is 8.36. The zero-order valence-corrected chi connectivity index (χ0v) is 15.3. The van der Waals surface area contributed by atoms with E-state index in [1.165, 1.54) is 30.9 Å². The van der Waals surface area contributed by atoms with Crippen LogP contribution in [0.4, 0.5) is 32.4 Å². The molecule has 1 fully saturated rings. The summed E-state index contributed by atoms with van der Waals surface area (Å²) in [5.74, 6) is -3.40. The van der Waals surface area contributed by atoms with Crippen molar-refractivity contribution in [3.05, 3.63) is 59.7 Å². The topological polar surface area (TPSA) is 49.9 Å². The van der Waals surface area contributed by atoms with E-state index in [-0.39, 0.29) is 12.2 Å². The lowest BCUT2D eigenvalue weighted by atomic mass is 10.0. The molecule has 3 rings (SSSR count). The van der Waals surface area contributed by atoms with Crippen molar-refractivity contribution in [2.24, 2.45) is 0 Å². The fourth-order valence-corrected chi connectivity index (χ4v) is 2.93. The minimum atomic E-state index is -4.83. The van der Waals surface area contributed by atoms with Gasteiger partial charge in [0.15, 0.2) is 11.6 Å². The molecule has 5 nitrogen and oxygen atoms in total. The van der Waals surface area contributed by atoms with E-state index in [0.717, 1.165) is 35.2 Å². The Labute approximate surface area is 162 Å². The fourth-order valence-electron chi connectivity index (χ4n) is 2.93. The largest absolute Gasteiger partial charge is 0.573 e. The number of urea groups is 1. The van der Waals surface area contributed by atoms with E-state index in [1.54, 1.807) is 0 Å². The Bertz CT molecular complexity index is 957. The number of halogens is 5. The van der Waals surface area contributed by atoms with Crippen molar-refractivity contribution in [1.82, 2.24) is 4.90 Å². The number of hydrogen-bond donors (Lipinski definition) is 0. The molecule has 1 aliphatic heterocycles. The van der Waals surface area contributed by atoms with Crippen LogP contribution >= 0.6 is 0 Å². The van der Waals surface area contributed by atoms with Crippen molar-refractivity contribution >= 4 is 17.6 Å². The van der Waals surface area contributed by atoms with Crippen molar-refractivity contribution < 1.29 is 36.3 Å². The number of carbonyl (C=O) groups excluding carboxylic acids is 2. The van der Waals surface area contributed by atoms with Gasteiger partial charge in [-0.2, -0.15) is 0 Å². The maximum atomic E-state index is 13.5.